The van der Waals surface area contributed by atoms with Gasteiger partial charge >= 0.3 is 12.2 Å². The number of carbonyl (C=O) groups is 2. The van der Waals surface area contributed by atoms with Crippen molar-refractivity contribution in [2.24, 2.45) is 0 Å². The standard InChI is InChI=1S/C17H18N2O4/c20-16(18-14-8-3-1-4-9-14)22-12-7-13-23-17(21)19-15-10-5-2-6-11-15/h1-6,8-11H,7,12-13H2,(H,18,20)(H,19,21). The lowest BCUT2D eigenvalue weighted by Gasteiger charge is -2.08. The normalized spacial score (nSPS) is 9.74. The Morgan fingerprint density at radius 3 is 1.48 bits per heavy atom. The zero-order chi connectivity index (χ0) is 16.3. The van der Waals surface area contributed by atoms with Gasteiger partial charge in [-0.3, -0.25) is 10.6 Å². The second-order valence-electron chi connectivity index (χ2n) is 4.61. The average Bonchev–Trinajstić information content (AvgIpc) is 2.56. The molecule has 6 nitrogen and oxygen atoms in total. The molecule has 0 aliphatic heterocycles. The van der Waals surface area contributed by atoms with Crippen LogP contribution in [0.4, 0.5) is 21.0 Å². The highest BCUT2D eigenvalue weighted by molar-refractivity contribution is 5.85. The molecular formula is C17H18N2O4. The Bertz CT molecular complexity index is 562. The third kappa shape index (κ3) is 6.52. The summed E-state index contributed by atoms with van der Waals surface area (Å²) in [6, 6.07) is 18.0. The summed E-state index contributed by atoms with van der Waals surface area (Å²) in [6.45, 7) is 0.328. The van der Waals surface area contributed by atoms with Crippen molar-refractivity contribution in [1.29, 1.82) is 0 Å². The fourth-order valence-electron chi connectivity index (χ4n) is 1.74. The molecule has 0 bridgehead atoms. The highest BCUT2D eigenvalue weighted by Crippen LogP contribution is 2.06. The quantitative estimate of drug-likeness (QED) is 0.793. The van der Waals surface area contributed by atoms with E-state index in [0.717, 1.165) is 0 Å². The van der Waals surface area contributed by atoms with E-state index in [4.69, 9.17) is 9.47 Å². The summed E-state index contributed by atoms with van der Waals surface area (Å²) in [4.78, 5) is 23.0. The minimum atomic E-state index is -0.537. The topological polar surface area (TPSA) is 76.7 Å². The van der Waals surface area contributed by atoms with Crippen LogP contribution in [0.5, 0.6) is 0 Å². The number of carbonyl (C=O) groups excluding carboxylic acids is 2. The van der Waals surface area contributed by atoms with E-state index in [2.05, 4.69) is 10.6 Å². The number of amides is 2. The molecule has 0 spiro atoms. The maximum Gasteiger partial charge on any atom is 0.411 e. The molecule has 0 saturated heterocycles. The largest absolute Gasteiger partial charge is 0.449 e. The zero-order valence-corrected chi connectivity index (χ0v) is 12.5. The molecule has 6 heteroatoms. The summed E-state index contributed by atoms with van der Waals surface area (Å²) in [5.74, 6) is 0. The van der Waals surface area contributed by atoms with Crippen LogP contribution in [0.3, 0.4) is 0 Å². The van der Waals surface area contributed by atoms with E-state index in [0.29, 0.717) is 17.8 Å². The van der Waals surface area contributed by atoms with E-state index in [1.165, 1.54) is 0 Å². The van der Waals surface area contributed by atoms with Gasteiger partial charge < -0.3 is 9.47 Å². The average molecular weight is 314 g/mol. The summed E-state index contributed by atoms with van der Waals surface area (Å²) in [7, 11) is 0. The van der Waals surface area contributed by atoms with Gasteiger partial charge in [-0.05, 0) is 24.3 Å². The number of hydrogen-bond donors (Lipinski definition) is 2. The first-order chi connectivity index (χ1) is 11.2. The number of ether oxygens (including phenoxy) is 2. The highest BCUT2D eigenvalue weighted by atomic mass is 16.6. The van der Waals surface area contributed by atoms with Crippen LogP contribution in [0.15, 0.2) is 60.7 Å². The van der Waals surface area contributed by atoms with Gasteiger partial charge in [0.2, 0.25) is 0 Å². The molecule has 0 aliphatic rings. The molecule has 0 saturated carbocycles. The molecule has 2 aromatic rings. The molecule has 23 heavy (non-hydrogen) atoms. The Morgan fingerprint density at radius 1 is 0.696 bits per heavy atom. The molecule has 120 valence electrons. The van der Waals surface area contributed by atoms with Crippen LogP contribution in [0.2, 0.25) is 0 Å². The van der Waals surface area contributed by atoms with Gasteiger partial charge in [0.05, 0.1) is 13.2 Å². The molecule has 0 unspecified atom stereocenters. The molecule has 2 N–H and O–H groups in total. The molecule has 0 heterocycles. The first-order valence-electron chi connectivity index (χ1n) is 7.22. The van der Waals surface area contributed by atoms with E-state index < -0.39 is 12.2 Å². The lowest BCUT2D eigenvalue weighted by molar-refractivity contribution is 0.133. The van der Waals surface area contributed by atoms with Crippen molar-refractivity contribution in [1.82, 2.24) is 0 Å². The van der Waals surface area contributed by atoms with Gasteiger partial charge in [-0.15, -0.1) is 0 Å². The van der Waals surface area contributed by atoms with Gasteiger partial charge in [0.1, 0.15) is 0 Å². The molecule has 0 radical (unpaired) electrons. The van der Waals surface area contributed by atoms with Crippen molar-refractivity contribution < 1.29 is 19.1 Å². The Balaban J connectivity index is 1.55. The SMILES string of the molecule is O=C(Nc1ccccc1)OCCCOC(=O)Nc1ccccc1. The van der Waals surface area contributed by atoms with Crippen molar-refractivity contribution in [3.8, 4) is 0 Å². The minimum Gasteiger partial charge on any atom is -0.449 e. The van der Waals surface area contributed by atoms with Crippen LogP contribution in [0.1, 0.15) is 6.42 Å². The van der Waals surface area contributed by atoms with Crippen LogP contribution in [-0.2, 0) is 9.47 Å². The van der Waals surface area contributed by atoms with Crippen molar-refractivity contribution in [3.63, 3.8) is 0 Å². The van der Waals surface area contributed by atoms with Gasteiger partial charge in [0, 0.05) is 17.8 Å². The van der Waals surface area contributed by atoms with E-state index in [9.17, 15) is 9.59 Å². The molecular weight excluding hydrogens is 296 g/mol. The van der Waals surface area contributed by atoms with E-state index >= 15 is 0 Å². The second-order valence-corrected chi connectivity index (χ2v) is 4.61. The van der Waals surface area contributed by atoms with Gasteiger partial charge in [0.15, 0.2) is 0 Å². The first kappa shape index (κ1) is 16.4. The van der Waals surface area contributed by atoms with Crippen LogP contribution in [0.25, 0.3) is 0 Å². The van der Waals surface area contributed by atoms with Crippen molar-refractivity contribution in [2.75, 3.05) is 23.8 Å². The monoisotopic (exact) mass is 314 g/mol. The lowest BCUT2D eigenvalue weighted by Crippen LogP contribution is -2.17. The molecule has 2 aromatic carbocycles. The van der Waals surface area contributed by atoms with Gasteiger partial charge in [-0.2, -0.15) is 0 Å². The number of rotatable bonds is 6. The maximum absolute atomic E-state index is 11.5. The molecule has 2 rings (SSSR count). The van der Waals surface area contributed by atoms with Crippen molar-refractivity contribution >= 4 is 23.6 Å². The van der Waals surface area contributed by atoms with E-state index in [1.807, 2.05) is 36.4 Å². The van der Waals surface area contributed by atoms with Gasteiger partial charge in [-0.1, -0.05) is 36.4 Å². The number of para-hydroxylation sites is 2. The molecule has 0 aliphatic carbocycles. The molecule has 0 atom stereocenters. The van der Waals surface area contributed by atoms with Crippen LogP contribution < -0.4 is 10.6 Å². The lowest BCUT2D eigenvalue weighted by atomic mass is 10.3. The fourth-order valence-corrected chi connectivity index (χ4v) is 1.74. The number of benzene rings is 2. The summed E-state index contributed by atoms with van der Waals surface area (Å²) >= 11 is 0. The summed E-state index contributed by atoms with van der Waals surface area (Å²) in [5.41, 5.74) is 1.33. The van der Waals surface area contributed by atoms with Gasteiger partial charge in [-0.25, -0.2) is 9.59 Å². The molecule has 0 fully saturated rings. The molecule has 2 amide bonds. The van der Waals surface area contributed by atoms with E-state index in [-0.39, 0.29) is 13.2 Å². The predicted octanol–water partition coefficient (Wildman–Crippen LogP) is 3.87. The van der Waals surface area contributed by atoms with Crippen molar-refractivity contribution in [2.45, 2.75) is 6.42 Å². The third-order valence-corrected chi connectivity index (χ3v) is 2.80. The Hall–Kier alpha value is -3.02. The van der Waals surface area contributed by atoms with Crippen molar-refractivity contribution in [3.05, 3.63) is 60.7 Å². The van der Waals surface area contributed by atoms with Crippen LogP contribution >= 0.6 is 0 Å². The fraction of sp³-hybridized carbons (Fsp3) is 0.176. The van der Waals surface area contributed by atoms with E-state index in [1.54, 1.807) is 24.3 Å². The second kappa shape index (κ2) is 9.09. The Labute approximate surface area is 134 Å². The number of hydrogen-bond acceptors (Lipinski definition) is 4. The van der Waals surface area contributed by atoms with Crippen LogP contribution in [-0.4, -0.2) is 25.4 Å². The highest BCUT2D eigenvalue weighted by Gasteiger charge is 2.04. The number of anilines is 2. The zero-order valence-electron chi connectivity index (χ0n) is 12.5. The van der Waals surface area contributed by atoms with Gasteiger partial charge in [0.25, 0.3) is 0 Å². The summed E-state index contributed by atoms with van der Waals surface area (Å²) < 4.78 is 9.97. The third-order valence-electron chi connectivity index (χ3n) is 2.80. The number of nitrogens with one attached hydrogen (secondary N) is 2. The smallest absolute Gasteiger partial charge is 0.411 e. The minimum absolute atomic E-state index is 0.164. The summed E-state index contributed by atoms with van der Waals surface area (Å²) in [6.07, 6.45) is -0.653. The van der Waals surface area contributed by atoms with Crippen LogP contribution in [0, 0.1) is 0 Å². The maximum atomic E-state index is 11.5. The first-order valence-corrected chi connectivity index (χ1v) is 7.22. The Kier molecular flexibility index (Phi) is 6.46. The molecule has 0 aromatic heterocycles. The predicted molar refractivity (Wildman–Crippen MR) is 87.4 cm³/mol. The Morgan fingerprint density at radius 2 is 1.09 bits per heavy atom. The summed E-state index contributed by atoms with van der Waals surface area (Å²) in [5, 5.41) is 5.19.